The van der Waals surface area contributed by atoms with Crippen LogP contribution in [0.3, 0.4) is 0 Å². The van der Waals surface area contributed by atoms with Gasteiger partial charge in [-0.3, -0.25) is 10.6 Å². The van der Waals surface area contributed by atoms with E-state index in [-0.39, 0.29) is 11.8 Å². The van der Waals surface area contributed by atoms with Crippen LogP contribution < -0.4 is 11.3 Å². The molecule has 1 unspecified atom stereocenters. The smallest absolute Gasteiger partial charge is 0.152 e. The van der Waals surface area contributed by atoms with Gasteiger partial charge in [-0.25, -0.2) is 5.43 Å². The van der Waals surface area contributed by atoms with Crippen LogP contribution in [0.1, 0.15) is 72.1 Å². The molecule has 0 aromatic carbocycles. The summed E-state index contributed by atoms with van der Waals surface area (Å²) in [6.45, 7) is 5.91. The maximum Gasteiger partial charge on any atom is 0.152 e. The highest BCUT2D eigenvalue weighted by molar-refractivity contribution is 5.83. The Kier molecular flexibility index (Phi) is 7.13. The topological polar surface area (TPSA) is 58.4 Å². The summed E-state index contributed by atoms with van der Waals surface area (Å²) >= 11 is 0. The summed E-state index contributed by atoms with van der Waals surface area (Å²) in [5, 5.41) is 1.49. The number of hydrazine groups is 2. The van der Waals surface area contributed by atoms with Gasteiger partial charge in [0.25, 0.3) is 0 Å². The normalized spacial score (nSPS) is 29.2. The Morgan fingerprint density at radius 1 is 1.40 bits per heavy atom. The quantitative estimate of drug-likeness (QED) is 0.557. The van der Waals surface area contributed by atoms with E-state index in [9.17, 15) is 4.79 Å². The SMILES string of the molecule is CC.CCC(=O)C(CCC12CCC(CC1)C2)N(N)NC. The summed E-state index contributed by atoms with van der Waals surface area (Å²) in [5.74, 6) is 7.10. The lowest BCUT2D eigenvalue weighted by Gasteiger charge is -2.31. The molecule has 20 heavy (non-hydrogen) atoms. The molecule has 4 nitrogen and oxygen atoms in total. The molecule has 2 fully saturated rings. The summed E-state index contributed by atoms with van der Waals surface area (Å²) < 4.78 is 0. The molecule has 4 heteroatoms. The van der Waals surface area contributed by atoms with E-state index in [1.165, 1.54) is 37.2 Å². The Balaban J connectivity index is 0.000000956. The van der Waals surface area contributed by atoms with Crippen LogP contribution in [-0.4, -0.2) is 24.0 Å². The first-order valence-electron chi connectivity index (χ1n) is 8.34. The fourth-order valence-corrected chi connectivity index (χ4v) is 3.95. The highest BCUT2D eigenvalue weighted by Crippen LogP contribution is 2.56. The van der Waals surface area contributed by atoms with Crippen molar-refractivity contribution in [3.63, 3.8) is 0 Å². The van der Waals surface area contributed by atoms with Gasteiger partial charge in [-0.15, -0.1) is 0 Å². The third-order valence-electron chi connectivity index (χ3n) is 5.15. The fourth-order valence-electron chi connectivity index (χ4n) is 3.95. The third-order valence-corrected chi connectivity index (χ3v) is 5.15. The van der Waals surface area contributed by atoms with Crippen LogP contribution in [0.2, 0.25) is 0 Å². The second-order valence-electron chi connectivity index (χ2n) is 6.15. The number of carbonyl (C=O) groups is 1. The molecule has 2 bridgehead atoms. The minimum Gasteiger partial charge on any atom is -0.298 e. The molecule has 0 amide bonds. The van der Waals surface area contributed by atoms with Crippen molar-refractivity contribution in [2.75, 3.05) is 7.05 Å². The largest absolute Gasteiger partial charge is 0.298 e. The average molecular weight is 283 g/mol. The molecule has 0 aliphatic heterocycles. The van der Waals surface area contributed by atoms with E-state index in [0.717, 1.165) is 18.8 Å². The molecule has 2 rings (SSSR count). The number of carbonyl (C=O) groups excluding carboxylic acids is 1. The van der Waals surface area contributed by atoms with E-state index >= 15 is 0 Å². The van der Waals surface area contributed by atoms with E-state index in [2.05, 4.69) is 5.43 Å². The predicted molar refractivity (Wildman–Crippen MR) is 83.8 cm³/mol. The molecule has 0 aromatic heterocycles. The number of hydrogen-bond acceptors (Lipinski definition) is 4. The number of nitrogens with one attached hydrogen (secondary N) is 1. The van der Waals surface area contributed by atoms with Gasteiger partial charge < -0.3 is 0 Å². The van der Waals surface area contributed by atoms with Crippen LogP contribution in [0.4, 0.5) is 0 Å². The van der Waals surface area contributed by atoms with Crippen LogP contribution >= 0.6 is 0 Å². The Morgan fingerprint density at radius 3 is 2.40 bits per heavy atom. The number of ketones is 1. The van der Waals surface area contributed by atoms with Crippen molar-refractivity contribution in [3.8, 4) is 0 Å². The van der Waals surface area contributed by atoms with E-state index in [1.54, 1.807) is 7.05 Å². The second-order valence-corrected chi connectivity index (χ2v) is 6.15. The van der Waals surface area contributed by atoms with Crippen molar-refractivity contribution in [2.45, 2.75) is 78.2 Å². The molecule has 0 heterocycles. The van der Waals surface area contributed by atoms with Crippen molar-refractivity contribution in [1.29, 1.82) is 0 Å². The highest BCUT2D eigenvalue weighted by Gasteiger charge is 2.44. The minimum absolute atomic E-state index is 0.158. The Morgan fingerprint density at radius 2 is 2.00 bits per heavy atom. The zero-order chi connectivity index (χ0) is 15.2. The van der Waals surface area contributed by atoms with Crippen LogP contribution in [0.25, 0.3) is 0 Å². The summed E-state index contributed by atoms with van der Waals surface area (Å²) in [4.78, 5) is 12.0. The molecule has 0 aromatic rings. The standard InChI is InChI=1S/C14H27N3O.C2H6/c1-3-13(18)12(17(15)16-2)6-9-14-7-4-11(10-14)5-8-14;1-2/h11-12,16H,3-10,15H2,1-2H3;1-2H3. The van der Waals surface area contributed by atoms with Gasteiger partial charge in [-0.1, -0.05) is 20.8 Å². The van der Waals surface area contributed by atoms with Gasteiger partial charge in [0.1, 0.15) is 0 Å². The lowest BCUT2D eigenvalue weighted by atomic mass is 9.79. The number of Topliss-reactive ketones (excluding diaryl/α,β-unsaturated/α-hetero) is 1. The first kappa shape index (κ1) is 17.6. The van der Waals surface area contributed by atoms with Gasteiger partial charge in [0.05, 0.1) is 6.04 Å². The van der Waals surface area contributed by atoms with Gasteiger partial charge in [0, 0.05) is 13.5 Å². The maximum absolute atomic E-state index is 12.0. The maximum atomic E-state index is 12.0. The molecular formula is C16H33N3O. The molecule has 0 saturated heterocycles. The van der Waals surface area contributed by atoms with Crippen molar-refractivity contribution in [1.82, 2.24) is 10.5 Å². The second kappa shape index (κ2) is 8.11. The molecule has 3 N–H and O–H groups in total. The van der Waals surface area contributed by atoms with Crippen LogP contribution in [0.15, 0.2) is 0 Å². The molecule has 118 valence electrons. The van der Waals surface area contributed by atoms with Crippen molar-refractivity contribution in [3.05, 3.63) is 0 Å². The zero-order valence-corrected chi connectivity index (χ0v) is 13.7. The fraction of sp³-hybridized carbons (Fsp3) is 0.938. The summed E-state index contributed by atoms with van der Waals surface area (Å²) in [7, 11) is 1.77. The van der Waals surface area contributed by atoms with Gasteiger partial charge >= 0.3 is 0 Å². The number of hydrogen-bond donors (Lipinski definition) is 2. The predicted octanol–water partition coefficient (Wildman–Crippen LogP) is 3.03. The van der Waals surface area contributed by atoms with Gasteiger partial charge in [-0.2, -0.15) is 5.12 Å². The van der Waals surface area contributed by atoms with Crippen LogP contribution in [-0.2, 0) is 4.79 Å². The summed E-state index contributed by atoms with van der Waals surface area (Å²) in [6.07, 6.45) is 9.57. The number of nitrogens with zero attached hydrogens (tertiary/aromatic N) is 1. The first-order chi connectivity index (χ1) is 9.60. The average Bonchev–Trinajstić information content (AvgIpc) is 3.09. The number of nitrogens with two attached hydrogens (primary N) is 1. The van der Waals surface area contributed by atoms with E-state index in [4.69, 9.17) is 5.84 Å². The molecule has 2 aliphatic rings. The Hall–Kier alpha value is -0.450. The molecule has 2 aliphatic carbocycles. The van der Waals surface area contributed by atoms with Gasteiger partial charge in [0.15, 0.2) is 5.78 Å². The molecule has 0 radical (unpaired) electrons. The number of rotatable bonds is 7. The molecular weight excluding hydrogens is 250 g/mol. The van der Waals surface area contributed by atoms with Crippen LogP contribution in [0, 0.1) is 11.3 Å². The van der Waals surface area contributed by atoms with E-state index < -0.39 is 0 Å². The summed E-state index contributed by atoms with van der Waals surface area (Å²) in [5.41, 5.74) is 3.43. The number of fused-ring (bicyclic) bond motifs is 2. The van der Waals surface area contributed by atoms with Crippen LogP contribution in [0.5, 0.6) is 0 Å². The van der Waals surface area contributed by atoms with Gasteiger partial charge in [0.2, 0.25) is 0 Å². The lowest BCUT2D eigenvalue weighted by Crippen LogP contribution is -2.52. The Labute approximate surface area is 124 Å². The minimum atomic E-state index is -0.158. The third kappa shape index (κ3) is 4.03. The lowest BCUT2D eigenvalue weighted by molar-refractivity contribution is -0.125. The highest BCUT2D eigenvalue weighted by atomic mass is 16.1. The molecule has 0 spiro atoms. The zero-order valence-electron chi connectivity index (χ0n) is 13.7. The van der Waals surface area contributed by atoms with Crippen molar-refractivity contribution >= 4 is 5.78 Å². The monoisotopic (exact) mass is 283 g/mol. The first-order valence-corrected chi connectivity index (χ1v) is 8.34. The Bertz CT molecular complexity index is 298. The van der Waals surface area contributed by atoms with Crippen molar-refractivity contribution < 1.29 is 4.79 Å². The van der Waals surface area contributed by atoms with E-state index in [0.29, 0.717) is 11.8 Å². The van der Waals surface area contributed by atoms with E-state index in [1.807, 2.05) is 20.8 Å². The van der Waals surface area contributed by atoms with Gasteiger partial charge in [-0.05, 0) is 56.3 Å². The van der Waals surface area contributed by atoms with Crippen molar-refractivity contribution in [2.24, 2.45) is 17.2 Å². The molecule has 2 saturated carbocycles. The summed E-state index contributed by atoms with van der Waals surface area (Å²) in [6, 6.07) is -0.158. The molecule has 1 atom stereocenters.